The predicted molar refractivity (Wildman–Crippen MR) is 347 cm³/mol. The fraction of sp³-hybridized carbons (Fsp3) is 0.528. The maximum absolute atomic E-state index is 14.1. The monoisotopic (exact) mass is 1330 g/mol. The summed E-state index contributed by atoms with van der Waals surface area (Å²) in [4.78, 5) is 55.5. The van der Waals surface area contributed by atoms with Crippen LogP contribution < -0.4 is 10.6 Å². The van der Waals surface area contributed by atoms with Gasteiger partial charge in [0.2, 0.25) is 0 Å². The molecule has 1 aliphatic carbocycles. The molecule has 95 heavy (non-hydrogen) atoms. The Kier molecular flexibility index (Phi) is 24.4. The number of aliphatic hydroxyl groups excluding tert-OH is 2. The minimum atomic E-state index is -2.55. The van der Waals surface area contributed by atoms with Gasteiger partial charge in [0.25, 0.3) is 0 Å². The Morgan fingerprint density at radius 2 is 1.11 bits per heavy atom. The van der Waals surface area contributed by atoms with E-state index in [9.17, 15) is 29.4 Å². The van der Waals surface area contributed by atoms with E-state index in [4.69, 9.17) is 66.0 Å². The molecule has 0 radical (unpaired) electrons. The molecule has 0 bridgehead atoms. The first-order chi connectivity index (χ1) is 45.7. The highest BCUT2D eigenvalue weighted by atomic mass is 28.4. The van der Waals surface area contributed by atoms with E-state index >= 15 is 0 Å². The number of fused-ring (bicyclic) bond motifs is 1. The Bertz CT molecular complexity index is 3230. The summed E-state index contributed by atoms with van der Waals surface area (Å²) in [7, 11) is -2.55. The van der Waals surface area contributed by atoms with Gasteiger partial charge in [-0.2, -0.15) is 0 Å². The van der Waals surface area contributed by atoms with Crippen molar-refractivity contribution >= 4 is 32.4 Å². The standard InChI is InChI=1S/C72H92N2O20Si/c1-43-37-52(74-71(80)84-40-48-27-17-11-18-28-48)59(91-67-46(4)58(90-65(78)50-31-21-13-22-32-50)60-54(87-67)41-82-68(93-60)51-33-23-14-24-34-51)62(56(43)76)94-69-63(81-36-35-75)61(55(88-69)42-85-95(8,9)72(5,6)7)92-66-45(3)44(2)57(89-64(77)49-29-19-12-20-30-49)53(86-66)38-73-70(79)83-39-47-25-15-10-16-26-47/h10-34,43-46,52-63,66-69,75-76H,35-42H2,1-9H3,(H,73,79)(H,74,80)/t43-,44-,45-,46-,52+,53+,54-,55-,56+,57+,58-,59-,60-,61-,62-,63-,66-,67-,68?,69+/m1/s1. The lowest BCUT2D eigenvalue weighted by Crippen LogP contribution is -2.65. The van der Waals surface area contributed by atoms with E-state index in [2.05, 4.69) is 44.5 Å². The smallest absolute Gasteiger partial charge is 0.407 e. The second-order valence-electron chi connectivity index (χ2n) is 26.7. The molecule has 0 aromatic heterocycles. The third-order valence-electron chi connectivity index (χ3n) is 19.1. The highest BCUT2D eigenvalue weighted by Crippen LogP contribution is 2.44. The molecule has 514 valence electrons. The number of hydrogen-bond acceptors (Lipinski definition) is 20. The van der Waals surface area contributed by atoms with E-state index in [1.54, 1.807) is 60.7 Å². The topological polar surface area (TPSA) is 262 Å². The average molecular weight is 1330 g/mol. The van der Waals surface area contributed by atoms with Crippen LogP contribution in [0, 0.1) is 23.7 Å². The summed E-state index contributed by atoms with van der Waals surface area (Å²) >= 11 is 0. The van der Waals surface area contributed by atoms with Crippen LogP contribution in [0.3, 0.4) is 0 Å². The Labute approximate surface area is 556 Å². The first kappa shape index (κ1) is 71.1. The highest BCUT2D eigenvalue weighted by Gasteiger charge is 2.58. The van der Waals surface area contributed by atoms with Gasteiger partial charge in [0, 0.05) is 23.3 Å². The van der Waals surface area contributed by atoms with Crippen molar-refractivity contribution in [3.05, 3.63) is 179 Å². The van der Waals surface area contributed by atoms with Crippen LogP contribution in [0.15, 0.2) is 152 Å². The van der Waals surface area contributed by atoms with Crippen LogP contribution in [0.5, 0.6) is 0 Å². The van der Waals surface area contributed by atoms with Crippen molar-refractivity contribution in [1.29, 1.82) is 0 Å². The van der Waals surface area contributed by atoms with Crippen molar-refractivity contribution in [2.24, 2.45) is 23.7 Å². The Morgan fingerprint density at radius 1 is 0.579 bits per heavy atom. The van der Waals surface area contributed by atoms with Crippen LogP contribution in [-0.2, 0) is 79.2 Å². The van der Waals surface area contributed by atoms with Crippen molar-refractivity contribution in [3.63, 3.8) is 0 Å². The number of nitrogens with one attached hydrogen (secondary N) is 2. The summed E-state index contributed by atoms with van der Waals surface area (Å²) in [6.07, 6.45) is -17.6. The van der Waals surface area contributed by atoms with Crippen molar-refractivity contribution < 1.29 is 95.4 Å². The number of rotatable bonds is 24. The van der Waals surface area contributed by atoms with Gasteiger partial charge in [-0.05, 0) is 65.9 Å². The summed E-state index contributed by atoms with van der Waals surface area (Å²) in [5, 5.41) is 28.8. The Hall–Kier alpha value is -6.68. The first-order valence-corrected chi connectivity index (χ1v) is 35.8. The van der Waals surface area contributed by atoms with Gasteiger partial charge >= 0.3 is 24.1 Å². The first-order valence-electron chi connectivity index (χ1n) is 32.9. The molecule has 4 saturated heterocycles. The molecule has 0 spiro atoms. The summed E-state index contributed by atoms with van der Waals surface area (Å²) in [6, 6.07) is 44.1. The lowest BCUT2D eigenvalue weighted by Gasteiger charge is -2.51. The van der Waals surface area contributed by atoms with E-state index in [0.717, 1.165) is 16.7 Å². The zero-order valence-electron chi connectivity index (χ0n) is 55.4. The van der Waals surface area contributed by atoms with Gasteiger partial charge in [0.15, 0.2) is 33.5 Å². The number of carbonyl (C=O) groups is 4. The number of aliphatic hydroxyl groups is 2. The number of amides is 2. The highest BCUT2D eigenvalue weighted by molar-refractivity contribution is 6.74. The molecule has 5 aliphatic rings. The molecule has 2 amide bonds. The van der Waals surface area contributed by atoms with Gasteiger partial charge < -0.3 is 86.9 Å². The fourth-order valence-electron chi connectivity index (χ4n) is 12.3. The molecule has 4 N–H and O–H groups in total. The summed E-state index contributed by atoms with van der Waals surface area (Å²) < 4.78 is 92.8. The third kappa shape index (κ3) is 17.9. The Balaban J connectivity index is 0.969. The molecule has 5 aromatic rings. The van der Waals surface area contributed by atoms with Crippen molar-refractivity contribution in [2.75, 3.05) is 33.0 Å². The molecule has 1 unspecified atom stereocenters. The van der Waals surface area contributed by atoms with E-state index in [1.807, 2.05) is 119 Å². The largest absolute Gasteiger partial charge is 0.456 e. The average Bonchev–Trinajstić information content (AvgIpc) is 1.76. The van der Waals surface area contributed by atoms with Crippen LogP contribution in [0.2, 0.25) is 18.1 Å². The predicted octanol–water partition coefficient (Wildman–Crippen LogP) is 9.81. The minimum absolute atomic E-state index is 0.00628. The van der Waals surface area contributed by atoms with Crippen LogP contribution in [0.4, 0.5) is 9.59 Å². The molecular weight excluding hydrogens is 1240 g/mol. The zero-order valence-corrected chi connectivity index (χ0v) is 56.4. The van der Waals surface area contributed by atoms with Crippen LogP contribution in [0.25, 0.3) is 0 Å². The molecule has 23 heteroatoms. The van der Waals surface area contributed by atoms with Crippen LogP contribution in [-0.4, -0.2) is 168 Å². The van der Waals surface area contributed by atoms with Crippen molar-refractivity contribution in [2.45, 2.75) is 185 Å². The van der Waals surface area contributed by atoms with E-state index in [-0.39, 0.29) is 51.0 Å². The molecular formula is C72H92N2O20Si. The quantitative estimate of drug-likeness (QED) is 0.0254. The maximum atomic E-state index is 14.1. The molecule has 20 atom stereocenters. The van der Waals surface area contributed by atoms with Gasteiger partial charge in [-0.25, -0.2) is 19.2 Å². The van der Waals surface area contributed by atoms with E-state index in [1.165, 1.54) is 0 Å². The van der Waals surface area contributed by atoms with Crippen molar-refractivity contribution in [1.82, 2.24) is 10.6 Å². The van der Waals surface area contributed by atoms with Crippen LogP contribution >= 0.6 is 0 Å². The van der Waals surface area contributed by atoms with Gasteiger partial charge in [0.05, 0.1) is 56.2 Å². The van der Waals surface area contributed by atoms with Crippen LogP contribution in [0.1, 0.15) is 98.6 Å². The normalized spacial score (nSPS) is 31.7. The van der Waals surface area contributed by atoms with Gasteiger partial charge in [0.1, 0.15) is 74.3 Å². The molecule has 1 saturated carbocycles. The molecule has 10 rings (SSSR count). The summed E-state index contributed by atoms with van der Waals surface area (Å²) in [5.74, 6) is -3.49. The van der Waals surface area contributed by atoms with Gasteiger partial charge in [-0.1, -0.05) is 176 Å². The molecule has 22 nitrogen and oxygen atoms in total. The second-order valence-corrected chi connectivity index (χ2v) is 31.6. The molecule has 5 aromatic carbocycles. The SMILES string of the molecule is C[C@@H]1[C@@H](C)[C@@H](O[C@H]2[C@@H](OCCO)[C@H](O[C@@H]3[C@@H](O)[C@H](C)C[C@H](NC(=O)OCc4ccccc4)[C@H]3O[C@H]3O[C@@H]4COC(c5ccccc5)O[C@H]4[C@H](OC(=O)c4ccccc4)[C@H]3C)O[C@@H]2CO[Si](C)(C)C(C)(C)C)O[C@@H](CNC(=O)OCc2ccccc2)[C@H]1OC(=O)c1ccccc1. The second kappa shape index (κ2) is 32.6. The third-order valence-corrected chi connectivity index (χ3v) is 23.6. The number of carbonyl (C=O) groups excluding carboxylic acids is 4. The lowest BCUT2D eigenvalue weighted by molar-refractivity contribution is -0.366. The van der Waals surface area contributed by atoms with E-state index < -0.39 is 161 Å². The number of benzene rings is 5. The zero-order chi connectivity index (χ0) is 67.4. The molecule has 4 aliphatic heterocycles. The fourth-order valence-corrected chi connectivity index (χ4v) is 13.3. The van der Waals surface area contributed by atoms with Gasteiger partial charge in [-0.15, -0.1) is 0 Å². The number of alkyl carbamates (subject to hydrolysis) is 2. The van der Waals surface area contributed by atoms with E-state index in [0.29, 0.717) is 11.1 Å². The lowest BCUT2D eigenvalue weighted by atomic mass is 9.80. The summed E-state index contributed by atoms with van der Waals surface area (Å²) in [6.45, 7) is 17.2. The molecule has 5 fully saturated rings. The van der Waals surface area contributed by atoms with Crippen molar-refractivity contribution in [3.8, 4) is 0 Å². The number of esters is 2. The minimum Gasteiger partial charge on any atom is -0.456 e. The molecule has 4 heterocycles. The maximum Gasteiger partial charge on any atom is 0.407 e. The Morgan fingerprint density at radius 3 is 1.69 bits per heavy atom. The number of ether oxygens (including phenoxy) is 13. The number of hydrogen-bond donors (Lipinski definition) is 4. The summed E-state index contributed by atoms with van der Waals surface area (Å²) in [5.41, 5.74) is 2.93. The van der Waals surface area contributed by atoms with Gasteiger partial charge in [-0.3, -0.25) is 0 Å².